The molecule has 2 atom stereocenters. The third-order valence-corrected chi connectivity index (χ3v) is 2.13. The molecule has 0 bridgehead atoms. The fraction of sp³-hybridized carbons (Fsp3) is 0.750. The van der Waals surface area contributed by atoms with Crippen molar-refractivity contribution >= 4 is 11.8 Å². The molecule has 2 unspecified atom stereocenters. The van der Waals surface area contributed by atoms with Crippen LogP contribution < -0.4 is 5.32 Å². The summed E-state index contributed by atoms with van der Waals surface area (Å²) >= 11 is 0. The molecule has 0 aromatic rings. The fourth-order valence-electron chi connectivity index (χ4n) is 1.30. The van der Waals surface area contributed by atoms with E-state index in [4.69, 9.17) is 0 Å². The van der Waals surface area contributed by atoms with Gasteiger partial charge in [0.05, 0.1) is 0 Å². The minimum Gasteiger partial charge on any atom is -0.294 e. The van der Waals surface area contributed by atoms with Crippen LogP contribution in [0.25, 0.3) is 0 Å². The molecule has 1 N–H and O–H groups in total. The zero-order valence-corrected chi connectivity index (χ0v) is 7.13. The number of carbonyl (C=O) groups is 2. The lowest BCUT2D eigenvalue weighted by atomic mass is 9.87. The Labute approximate surface area is 70.3 Å². The molecule has 2 amide bonds. The maximum atomic E-state index is 12.8. The molecule has 4 heteroatoms. The molecular weight excluding hydrogens is 161 g/mol. The molecule has 1 aliphatic rings. The van der Waals surface area contributed by atoms with Crippen LogP contribution >= 0.6 is 0 Å². The Morgan fingerprint density at radius 2 is 2.00 bits per heavy atom. The van der Waals surface area contributed by atoms with Crippen molar-refractivity contribution in [2.45, 2.75) is 26.4 Å². The zero-order chi connectivity index (χ0) is 9.30. The molecule has 0 aromatic carbocycles. The van der Waals surface area contributed by atoms with E-state index in [9.17, 15) is 14.0 Å². The Morgan fingerprint density at radius 3 is 2.50 bits per heavy atom. The smallest absolute Gasteiger partial charge is 0.261 e. The third-order valence-electron chi connectivity index (χ3n) is 2.13. The number of nitrogens with one attached hydrogen (secondary N) is 1. The maximum absolute atomic E-state index is 12.8. The van der Waals surface area contributed by atoms with Gasteiger partial charge in [-0.1, -0.05) is 13.8 Å². The number of amides is 2. The van der Waals surface area contributed by atoms with E-state index in [1.807, 2.05) is 19.2 Å². The maximum Gasteiger partial charge on any atom is 0.261 e. The molecule has 1 fully saturated rings. The van der Waals surface area contributed by atoms with Gasteiger partial charge in [-0.05, 0) is 12.3 Å². The number of halogens is 1. The fourth-order valence-corrected chi connectivity index (χ4v) is 1.30. The summed E-state index contributed by atoms with van der Waals surface area (Å²) in [7, 11) is 0. The summed E-state index contributed by atoms with van der Waals surface area (Å²) in [5.41, 5.74) is 0. The van der Waals surface area contributed by atoms with Gasteiger partial charge in [-0.25, -0.2) is 4.39 Å². The van der Waals surface area contributed by atoms with Crippen molar-refractivity contribution in [1.29, 1.82) is 0 Å². The Kier molecular flexibility index (Phi) is 2.45. The van der Waals surface area contributed by atoms with Crippen molar-refractivity contribution in [3.05, 3.63) is 0 Å². The van der Waals surface area contributed by atoms with Crippen molar-refractivity contribution in [1.82, 2.24) is 5.32 Å². The van der Waals surface area contributed by atoms with Gasteiger partial charge in [-0.3, -0.25) is 14.9 Å². The molecule has 68 valence electrons. The van der Waals surface area contributed by atoms with Gasteiger partial charge >= 0.3 is 0 Å². The molecule has 12 heavy (non-hydrogen) atoms. The quantitative estimate of drug-likeness (QED) is 0.591. The number of imide groups is 1. The van der Waals surface area contributed by atoms with E-state index < -0.39 is 12.1 Å². The van der Waals surface area contributed by atoms with Crippen molar-refractivity contribution < 1.29 is 14.0 Å². The average Bonchev–Trinajstić information content (AvgIpc) is 1.96. The number of hydrogen-bond donors (Lipinski definition) is 1. The van der Waals surface area contributed by atoms with E-state index in [0.29, 0.717) is 0 Å². The highest BCUT2D eigenvalue weighted by molar-refractivity contribution is 6.00. The normalized spacial score (nSPS) is 30.7. The highest BCUT2D eigenvalue weighted by Gasteiger charge is 2.35. The predicted octanol–water partition coefficient (Wildman–Crippen LogP) is 0.643. The van der Waals surface area contributed by atoms with E-state index in [0.717, 1.165) is 0 Å². The van der Waals surface area contributed by atoms with Gasteiger partial charge in [0, 0.05) is 5.92 Å². The first kappa shape index (κ1) is 9.16. The molecule has 3 nitrogen and oxygen atoms in total. The second-order valence-corrected chi connectivity index (χ2v) is 3.41. The molecule has 0 radical (unpaired) electrons. The summed E-state index contributed by atoms with van der Waals surface area (Å²) in [6.07, 6.45) is -1.49. The van der Waals surface area contributed by atoms with Crippen LogP contribution in [-0.4, -0.2) is 18.0 Å². The third kappa shape index (κ3) is 1.62. The van der Waals surface area contributed by atoms with Crippen LogP contribution in [0.15, 0.2) is 0 Å². The van der Waals surface area contributed by atoms with Gasteiger partial charge in [-0.15, -0.1) is 0 Å². The van der Waals surface area contributed by atoms with E-state index in [1.165, 1.54) is 0 Å². The molecule has 1 heterocycles. The Hall–Kier alpha value is -0.930. The standard InChI is InChI=1S/C8H12FNO2/c1-4(2)5-3-6(9)8(12)10-7(5)11/h4-6H,3H2,1-2H3,(H,10,11,12). The van der Waals surface area contributed by atoms with Crippen molar-refractivity contribution in [3.8, 4) is 0 Å². The first-order valence-electron chi connectivity index (χ1n) is 4.01. The lowest BCUT2D eigenvalue weighted by Crippen LogP contribution is -2.48. The van der Waals surface area contributed by atoms with Gasteiger partial charge in [0.2, 0.25) is 5.91 Å². The topological polar surface area (TPSA) is 46.2 Å². The number of alkyl halides is 1. The lowest BCUT2D eigenvalue weighted by molar-refractivity contribution is -0.141. The predicted molar refractivity (Wildman–Crippen MR) is 41.0 cm³/mol. The monoisotopic (exact) mass is 173 g/mol. The number of carbonyl (C=O) groups excluding carboxylic acids is 2. The highest BCUT2D eigenvalue weighted by atomic mass is 19.1. The summed E-state index contributed by atoms with van der Waals surface area (Å²) in [6.45, 7) is 3.68. The summed E-state index contributed by atoms with van der Waals surface area (Å²) in [4.78, 5) is 21.8. The first-order chi connectivity index (χ1) is 5.52. The Morgan fingerprint density at radius 1 is 1.42 bits per heavy atom. The summed E-state index contributed by atoms with van der Waals surface area (Å²) in [5, 5.41) is 2.01. The van der Waals surface area contributed by atoms with Crippen LogP contribution in [0.1, 0.15) is 20.3 Å². The molecule has 0 saturated carbocycles. The summed E-state index contributed by atoms with van der Waals surface area (Å²) < 4.78 is 12.8. The minimum atomic E-state index is -1.52. The van der Waals surface area contributed by atoms with Gasteiger partial charge < -0.3 is 0 Å². The largest absolute Gasteiger partial charge is 0.294 e. The summed E-state index contributed by atoms with van der Waals surface area (Å²) in [5.74, 6) is -1.42. The number of piperidine rings is 1. The van der Waals surface area contributed by atoms with Gasteiger partial charge in [0.25, 0.3) is 5.91 Å². The van der Waals surface area contributed by atoms with Gasteiger partial charge in [-0.2, -0.15) is 0 Å². The van der Waals surface area contributed by atoms with Crippen molar-refractivity contribution in [2.75, 3.05) is 0 Å². The van der Waals surface area contributed by atoms with Crippen LogP contribution in [0.2, 0.25) is 0 Å². The lowest BCUT2D eigenvalue weighted by Gasteiger charge is -2.25. The van der Waals surface area contributed by atoms with E-state index in [1.54, 1.807) is 0 Å². The first-order valence-corrected chi connectivity index (χ1v) is 4.01. The molecular formula is C8H12FNO2. The van der Waals surface area contributed by atoms with Crippen LogP contribution in [0.4, 0.5) is 4.39 Å². The van der Waals surface area contributed by atoms with Crippen LogP contribution in [-0.2, 0) is 9.59 Å². The molecule has 1 aliphatic heterocycles. The highest BCUT2D eigenvalue weighted by Crippen LogP contribution is 2.22. The number of rotatable bonds is 1. The van der Waals surface area contributed by atoms with Crippen molar-refractivity contribution in [2.24, 2.45) is 11.8 Å². The summed E-state index contributed by atoms with van der Waals surface area (Å²) in [6, 6.07) is 0. The second kappa shape index (κ2) is 3.21. The second-order valence-electron chi connectivity index (χ2n) is 3.41. The van der Waals surface area contributed by atoms with E-state index in [2.05, 4.69) is 0 Å². The average molecular weight is 173 g/mol. The molecule has 1 rings (SSSR count). The van der Waals surface area contributed by atoms with E-state index >= 15 is 0 Å². The van der Waals surface area contributed by atoms with Crippen LogP contribution in [0, 0.1) is 11.8 Å². The van der Waals surface area contributed by atoms with Gasteiger partial charge in [0.1, 0.15) is 0 Å². The SMILES string of the molecule is CC(C)C1CC(F)C(=O)NC1=O. The van der Waals surface area contributed by atoms with Crippen LogP contribution in [0.3, 0.4) is 0 Å². The zero-order valence-electron chi connectivity index (χ0n) is 7.13. The Balaban J connectivity index is 2.68. The molecule has 0 aliphatic carbocycles. The van der Waals surface area contributed by atoms with Gasteiger partial charge in [0.15, 0.2) is 6.17 Å². The number of hydrogen-bond acceptors (Lipinski definition) is 2. The molecule has 1 saturated heterocycles. The molecule has 0 spiro atoms. The van der Waals surface area contributed by atoms with Crippen LogP contribution in [0.5, 0.6) is 0 Å². The Bertz CT molecular complexity index is 215. The van der Waals surface area contributed by atoms with E-state index in [-0.39, 0.29) is 24.2 Å². The molecule has 0 aromatic heterocycles. The minimum absolute atomic E-state index is 0.0301. The van der Waals surface area contributed by atoms with Crippen molar-refractivity contribution in [3.63, 3.8) is 0 Å².